The highest BCUT2D eigenvalue weighted by Gasteiger charge is 2.07. The van der Waals surface area contributed by atoms with Crippen molar-refractivity contribution in [3.05, 3.63) is 34.1 Å². The Bertz CT molecular complexity index is 398. The third-order valence-electron chi connectivity index (χ3n) is 2.48. The number of nitrogens with zero attached hydrogens (tertiary/aromatic N) is 1. The Balaban J connectivity index is 2.60. The molecule has 0 saturated heterocycles. The van der Waals surface area contributed by atoms with Gasteiger partial charge in [-0.3, -0.25) is 9.69 Å². The smallest absolute Gasteiger partial charge is 0.304 e. The van der Waals surface area contributed by atoms with E-state index in [1.165, 1.54) is 6.07 Å². The van der Waals surface area contributed by atoms with E-state index in [2.05, 4.69) is 15.9 Å². The molecule has 94 valence electrons. The van der Waals surface area contributed by atoms with Gasteiger partial charge < -0.3 is 5.11 Å². The maximum absolute atomic E-state index is 13.0. The van der Waals surface area contributed by atoms with E-state index in [9.17, 15) is 9.18 Å². The van der Waals surface area contributed by atoms with E-state index >= 15 is 0 Å². The second-order valence-corrected chi connectivity index (χ2v) is 4.62. The number of hydrogen-bond donors (Lipinski definition) is 1. The Labute approximate surface area is 108 Å². The van der Waals surface area contributed by atoms with E-state index in [-0.39, 0.29) is 12.2 Å². The first-order valence-electron chi connectivity index (χ1n) is 5.41. The monoisotopic (exact) mass is 303 g/mol. The Morgan fingerprint density at radius 2 is 2.24 bits per heavy atom. The minimum atomic E-state index is -0.802. The predicted molar refractivity (Wildman–Crippen MR) is 67.3 cm³/mol. The molecule has 0 fully saturated rings. The summed E-state index contributed by atoms with van der Waals surface area (Å²) in [6.07, 6.45) is 0.121. The average molecular weight is 304 g/mol. The number of aliphatic carboxylic acids is 1. The molecule has 5 heteroatoms. The predicted octanol–water partition coefficient (Wildman–Crippen LogP) is 2.88. The lowest BCUT2D eigenvalue weighted by Gasteiger charge is -2.19. The van der Waals surface area contributed by atoms with Gasteiger partial charge in [0.25, 0.3) is 0 Å². The van der Waals surface area contributed by atoms with Crippen LogP contribution in [-0.2, 0) is 11.3 Å². The lowest BCUT2D eigenvalue weighted by atomic mass is 10.2. The number of carbonyl (C=O) groups is 1. The van der Waals surface area contributed by atoms with Gasteiger partial charge in [-0.15, -0.1) is 0 Å². The van der Waals surface area contributed by atoms with Gasteiger partial charge in [-0.1, -0.05) is 13.0 Å². The molecule has 0 aliphatic carbocycles. The Kier molecular flexibility index (Phi) is 5.58. The molecule has 3 nitrogen and oxygen atoms in total. The molecule has 0 bridgehead atoms. The number of hydrogen-bond acceptors (Lipinski definition) is 2. The van der Waals surface area contributed by atoms with Crippen molar-refractivity contribution in [2.45, 2.75) is 19.9 Å². The van der Waals surface area contributed by atoms with Gasteiger partial charge in [-0.2, -0.15) is 0 Å². The van der Waals surface area contributed by atoms with Crippen LogP contribution in [0.15, 0.2) is 22.7 Å². The first-order valence-corrected chi connectivity index (χ1v) is 6.20. The molecule has 0 amide bonds. The van der Waals surface area contributed by atoms with Crippen LogP contribution in [0.2, 0.25) is 0 Å². The lowest BCUT2D eigenvalue weighted by Crippen LogP contribution is -2.25. The van der Waals surface area contributed by atoms with Crippen LogP contribution < -0.4 is 0 Å². The summed E-state index contributed by atoms with van der Waals surface area (Å²) in [4.78, 5) is 12.5. The molecule has 0 aliphatic rings. The third kappa shape index (κ3) is 4.83. The lowest BCUT2D eigenvalue weighted by molar-refractivity contribution is -0.137. The summed E-state index contributed by atoms with van der Waals surface area (Å²) in [6.45, 7) is 3.87. The number of halogens is 2. The quantitative estimate of drug-likeness (QED) is 0.878. The van der Waals surface area contributed by atoms with Crippen LogP contribution in [0.4, 0.5) is 4.39 Å². The number of rotatable bonds is 6. The van der Waals surface area contributed by atoms with Gasteiger partial charge in [0.1, 0.15) is 5.82 Å². The minimum Gasteiger partial charge on any atom is -0.481 e. The molecule has 0 aromatic heterocycles. The van der Waals surface area contributed by atoms with Gasteiger partial charge in [0, 0.05) is 13.1 Å². The second kappa shape index (κ2) is 6.71. The largest absolute Gasteiger partial charge is 0.481 e. The third-order valence-corrected chi connectivity index (χ3v) is 3.09. The zero-order valence-corrected chi connectivity index (χ0v) is 11.2. The summed E-state index contributed by atoms with van der Waals surface area (Å²) in [7, 11) is 0. The molecule has 0 heterocycles. The van der Waals surface area contributed by atoms with Crippen molar-refractivity contribution in [1.82, 2.24) is 4.90 Å². The summed E-state index contributed by atoms with van der Waals surface area (Å²) < 4.78 is 13.5. The maximum atomic E-state index is 13.0. The van der Waals surface area contributed by atoms with Crippen LogP contribution in [0.1, 0.15) is 18.9 Å². The van der Waals surface area contributed by atoms with Crippen LogP contribution in [0.3, 0.4) is 0 Å². The molecule has 1 aromatic rings. The molecule has 1 N–H and O–H groups in total. The molecule has 0 aliphatic heterocycles. The van der Waals surface area contributed by atoms with E-state index in [0.717, 1.165) is 12.1 Å². The van der Waals surface area contributed by atoms with Crippen molar-refractivity contribution < 1.29 is 14.3 Å². The molecule has 0 saturated carbocycles. The molecule has 1 aromatic carbocycles. The SMILES string of the molecule is CCN(CCC(=O)O)Cc1ccc(F)c(Br)c1. The molecule has 0 radical (unpaired) electrons. The second-order valence-electron chi connectivity index (χ2n) is 3.76. The highest BCUT2D eigenvalue weighted by Crippen LogP contribution is 2.18. The normalized spacial score (nSPS) is 10.8. The van der Waals surface area contributed by atoms with Crippen molar-refractivity contribution >= 4 is 21.9 Å². The fraction of sp³-hybridized carbons (Fsp3) is 0.417. The summed E-state index contributed by atoms with van der Waals surface area (Å²) >= 11 is 3.13. The molecule has 1 rings (SSSR count). The molecule has 17 heavy (non-hydrogen) atoms. The first-order chi connectivity index (χ1) is 8.02. The highest BCUT2D eigenvalue weighted by atomic mass is 79.9. The molecule has 0 atom stereocenters. The zero-order chi connectivity index (χ0) is 12.8. The van der Waals surface area contributed by atoms with Gasteiger partial charge in [0.05, 0.1) is 10.9 Å². The number of carboxylic acids is 1. The highest BCUT2D eigenvalue weighted by molar-refractivity contribution is 9.10. The van der Waals surface area contributed by atoms with Crippen LogP contribution in [0, 0.1) is 5.82 Å². The summed E-state index contributed by atoms with van der Waals surface area (Å²) in [5.41, 5.74) is 0.963. The average Bonchev–Trinajstić information content (AvgIpc) is 2.28. The summed E-state index contributed by atoms with van der Waals surface area (Å²) in [6, 6.07) is 4.84. The van der Waals surface area contributed by atoms with E-state index < -0.39 is 5.97 Å². The Morgan fingerprint density at radius 3 is 2.76 bits per heavy atom. The van der Waals surface area contributed by atoms with Gasteiger partial charge >= 0.3 is 5.97 Å². The van der Waals surface area contributed by atoms with E-state index in [1.54, 1.807) is 12.1 Å². The van der Waals surface area contributed by atoms with Crippen LogP contribution in [-0.4, -0.2) is 29.1 Å². The summed E-state index contributed by atoms with van der Waals surface area (Å²) in [5, 5.41) is 8.62. The maximum Gasteiger partial charge on any atom is 0.304 e. The topological polar surface area (TPSA) is 40.5 Å². The van der Waals surface area contributed by atoms with Gasteiger partial charge in [-0.25, -0.2) is 4.39 Å². The van der Waals surface area contributed by atoms with Crippen LogP contribution in [0.25, 0.3) is 0 Å². The van der Waals surface area contributed by atoms with Crippen LogP contribution >= 0.6 is 15.9 Å². The fourth-order valence-electron chi connectivity index (χ4n) is 1.50. The van der Waals surface area contributed by atoms with Crippen molar-refractivity contribution in [2.24, 2.45) is 0 Å². The zero-order valence-electron chi connectivity index (χ0n) is 9.62. The molecular weight excluding hydrogens is 289 g/mol. The van der Waals surface area contributed by atoms with E-state index in [4.69, 9.17) is 5.11 Å². The molecular formula is C12H15BrFNO2. The standard InChI is InChI=1S/C12H15BrFNO2/c1-2-15(6-5-12(16)17)8-9-3-4-11(14)10(13)7-9/h3-4,7H,2,5-6,8H2,1H3,(H,16,17). The van der Waals surface area contributed by atoms with Crippen molar-refractivity contribution in [3.8, 4) is 0 Å². The van der Waals surface area contributed by atoms with Crippen molar-refractivity contribution in [1.29, 1.82) is 0 Å². The van der Waals surface area contributed by atoms with Crippen molar-refractivity contribution in [3.63, 3.8) is 0 Å². The van der Waals surface area contributed by atoms with E-state index in [1.807, 2.05) is 11.8 Å². The first kappa shape index (κ1) is 14.1. The molecule has 0 spiro atoms. The summed E-state index contributed by atoms with van der Waals surface area (Å²) in [5.74, 6) is -1.09. The van der Waals surface area contributed by atoms with Gasteiger partial charge in [0.15, 0.2) is 0 Å². The molecule has 0 unspecified atom stereocenters. The van der Waals surface area contributed by atoms with Gasteiger partial charge in [0.2, 0.25) is 0 Å². The van der Waals surface area contributed by atoms with E-state index in [0.29, 0.717) is 17.6 Å². The number of carboxylic acid groups (broad SMARTS) is 1. The minimum absolute atomic E-state index is 0.121. The van der Waals surface area contributed by atoms with Crippen LogP contribution in [0.5, 0.6) is 0 Å². The number of benzene rings is 1. The Morgan fingerprint density at radius 1 is 1.53 bits per heavy atom. The van der Waals surface area contributed by atoms with Gasteiger partial charge in [-0.05, 0) is 40.2 Å². The van der Waals surface area contributed by atoms with Crippen molar-refractivity contribution in [2.75, 3.05) is 13.1 Å². The Hall–Kier alpha value is -0.940. The fourth-order valence-corrected chi connectivity index (χ4v) is 1.93.